The van der Waals surface area contributed by atoms with Crippen LogP contribution in [0.5, 0.6) is 0 Å². The van der Waals surface area contributed by atoms with Gasteiger partial charge in [0.25, 0.3) is 0 Å². The first-order valence-corrected chi connectivity index (χ1v) is 7.95. The molecule has 0 amide bonds. The molecule has 4 heteroatoms. The summed E-state index contributed by atoms with van der Waals surface area (Å²) in [6.07, 6.45) is 0. The van der Waals surface area contributed by atoms with Gasteiger partial charge >= 0.3 is 0 Å². The average molecular weight is 286 g/mol. The minimum absolute atomic E-state index is 0.620. The summed E-state index contributed by atoms with van der Waals surface area (Å²) >= 11 is 0. The van der Waals surface area contributed by atoms with E-state index in [-0.39, 0.29) is 0 Å². The molecule has 21 heavy (non-hydrogen) atoms. The smallest absolute Gasteiger partial charge is 0.206 e. The van der Waals surface area contributed by atoms with Crippen LogP contribution in [0, 0.1) is 12.8 Å². The van der Waals surface area contributed by atoms with Gasteiger partial charge in [-0.2, -0.15) is 0 Å². The molecule has 0 aliphatic carbocycles. The SMILES string of the molecule is Cc1ccc2c(c1)nc(N1CCN(C)CC1)n2CC(C)C. The highest BCUT2D eigenvalue weighted by Gasteiger charge is 2.21. The Labute approximate surface area is 127 Å². The molecule has 1 saturated heterocycles. The normalized spacial score (nSPS) is 17.1. The molecule has 0 unspecified atom stereocenters. The van der Waals surface area contributed by atoms with Crippen molar-refractivity contribution in [3.05, 3.63) is 23.8 Å². The molecule has 1 fully saturated rings. The largest absolute Gasteiger partial charge is 0.340 e. The minimum Gasteiger partial charge on any atom is -0.340 e. The molecule has 0 radical (unpaired) electrons. The standard InChI is InChI=1S/C17H26N4/c1-13(2)12-21-16-6-5-14(3)11-15(16)18-17(21)20-9-7-19(4)8-10-20/h5-6,11,13H,7-10,12H2,1-4H3. The molecule has 3 rings (SSSR count). The van der Waals surface area contributed by atoms with Gasteiger partial charge in [-0.25, -0.2) is 4.98 Å². The molecule has 0 atom stereocenters. The van der Waals surface area contributed by atoms with Crippen molar-refractivity contribution in [2.75, 3.05) is 38.1 Å². The lowest BCUT2D eigenvalue weighted by Crippen LogP contribution is -2.45. The average Bonchev–Trinajstić information content (AvgIpc) is 2.77. The molecule has 2 heterocycles. The summed E-state index contributed by atoms with van der Waals surface area (Å²) in [5.74, 6) is 1.77. The fraction of sp³-hybridized carbons (Fsp3) is 0.588. The van der Waals surface area contributed by atoms with E-state index in [1.807, 2.05) is 0 Å². The zero-order valence-corrected chi connectivity index (χ0v) is 13.6. The number of piperazine rings is 1. The zero-order valence-electron chi connectivity index (χ0n) is 13.6. The number of likely N-dealkylation sites (N-methyl/N-ethyl adjacent to an activating group) is 1. The van der Waals surface area contributed by atoms with Crippen LogP contribution in [0.15, 0.2) is 18.2 Å². The second-order valence-corrected chi connectivity index (χ2v) is 6.70. The maximum absolute atomic E-state index is 4.95. The van der Waals surface area contributed by atoms with Crippen LogP contribution in [0.25, 0.3) is 11.0 Å². The van der Waals surface area contributed by atoms with Crippen LogP contribution in [0.3, 0.4) is 0 Å². The van der Waals surface area contributed by atoms with Gasteiger partial charge in [-0.15, -0.1) is 0 Å². The van der Waals surface area contributed by atoms with Crippen LogP contribution < -0.4 is 4.90 Å². The minimum atomic E-state index is 0.620. The van der Waals surface area contributed by atoms with E-state index in [9.17, 15) is 0 Å². The maximum Gasteiger partial charge on any atom is 0.206 e. The van der Waals surface area contributed by atoms with Crippen molar-refractivity contribution >= 4 is 17.0 Å². The van der Waals surface area contributed by atoms with Crippen molar-refractivity contribution in [2.24, 2.45) is 5.92 Å². The first kappa shape index (κ1) is 14.4. The van der Waals surface area contributed by atoms with E-state index in [0.29, 0.717) is 5.92 Å². The Kier molecular flexibility index (Phi) is 3.89. The third-order valence-electron chi connectivity index (χ3n) is 4.22. The predicted octanol–water partition coefficient (Wildman–Crippen LogP) is 2.75. The summed E-state index contributed by atoms with van der Waals surface area (Å²) in [4.78, 5) is 9.77. The van der Waals surface area contributed by atoms with Crippen molar-refractivity contribution in [3.63, 3.8) is 0 Å². The highest BCUT2D eigenvalue weighted by molar-refractivity contribution is 5.79. The molecule has 4 nitrogen and oxygen atoms in total. The molecule has 0 bridgehead atoms. The van der Waals surface area contributed by atoms with Crippen LogP contribution in [-0.2, 0) is 6.54 Å². The number of imidazole rings is 1. The Hall–Kier alpha value is -1.55. The molecule has 0 saturated carbocycles. The van der Waals surface area contributed by atoms with Crippen LogP contribution in [0.2, 0.25) is 0 Å². The van der Waals surface area contributed by atoms with E-state index in [2.05, 4.69) is 60.4 Å². The van der Waals surface area contributed by atoms with E-state index in [1.165, 1.54) is 11.1 Å². The first-order chi connectivity index (χ1) is 10.0. The third-order valence-corrected chi connectivity index (χ3v) is 4.22. The third kappa shape index (κ3) is 2.91. The van der Waals surface area contributed by atoms with Crippen LogP contribution in [0.1, 0.15) is 19.4 Å². The summed E-state index contributed by atoms with van der Waals surface area (Å²) < 4.78 is 2.41. The summed E-state index contributed by atoms with van der Waals surface area (Å²) in [5.41, 5.74) is 3.68. The monoisotopic (exact) mass is 286 g/mol. The number of hydrogen-bond donors (Lipinski definition) is 0. The fourth-order valence-corrected chi connectivity index (χ4v) is 3.02. The van der Waals surface area contributed by atoms with E-state index in [4.69, 9.17) is 4.98 Å². The maximum atomic E-state index is 4.95. The number of nitrogens with zero attached hydrogens (tertiary/aromatic N) is 4. The molecular formula is C17H26N4. The van der Waals surface area contributed by atoms with Crippen molar-refractivity contribution in [3.8, 4) is 0 Å². The Morgan fingerprint density at radius 1 is 1.14 bits per heavy atom. The van der Waals surface area contributed by atoms with Gasteiger partial charge in [-0.05, 0) is 37.6 Å². The molecule has 0 N–H and O–H groups in total. The topological polar surface area (TPSA) is 24.3 Å². The first-order valence-electron chi connectivity index (χ1n) is 7.95. The number of aromatic nitrogens is 2. The Bertz CT molecular complexity index is 621. The molecule has 2 aromatic rings. The number of rotatable bonds is 3. The molecule has 1 aliphatic rings. The summed E-state index contributed by atoms with van der Waals surface area (Å²) in [5, 5.41) is 0. The number of fused-ring (bicyclic) bond motifs is 1. The Morgan fingerprint density at radius 3 is 2.52 bits per heavy atom. The Morgan fingerprint density at radius 2 is 1.86 bits per heavy atom. The van der Waals surface area contributed by atoms with Crippen molar-refractivity contribution < 1.29 is 0 Å². The lowest BCUT2D eigenvalue weighted by molar-refractivity contribution is 0.309. The molecular weight excluding hydrogens is 260 g/mol. The van der Waals surface area contributed by atoms with Crippen molar-refractivity contribution in [1.29, 1.82) is 0 Å². The number of anilines is 1. The van der Waals surface area contributed by atoms with Gasteiger partial charge < -0.3 is 14.4 Å². The molecule has 1 aliphatic heterocycles. The molecule has 114 valence electrons. The highest BCUT2D eigenvalue weighted by Crippen LogP contribution is 2.25. The van der Waals surface area contributed by atoms with Gasteiger partial charge in [0.1, 0.15) is 0 Å². The van der Waals surface area contributed by atoms with Crippen molar-refractivity contribution in [1.82, 2.24) is 14.5 Å². The van der Waals surface area contributed by atoms with Crippen molar-refractivity contribution in [2.45, 2.75) is 27.3 Å². The zero-order chi connectivity index (χ0) is 15.0. The van der Waals surface area contributed by atoms with Gasteiger partial charge in [0.05, 0.1) is 11.0 Å². The second kappa shape index (κ2) is 5.68. The van der Waals surface area contributed by atoms with E-state index >= 15 is 0 Å². The quantitative estimate of drug-likeness (QED) is 0.867. The van der Waals surface area contributed by atoms with Gasteiger partial charge in [0.15, 0.2) is 0 Å². The van der Waals surface area contributed by atoms with Gasteiger partial charge in [0, 0.05) is 32.7 Å². The number of hydrogen-bond acceptors (Lipinski definition) is 3. The predicted molar refractivity (Wildman–Crippen MR) is 89.0 cm³/mol. The lowest BCUT2D eigenvalue weighted by atomic mass is 10.2. The van der Waals surface area contributed by atoms with Crippen LogP contribution >= 0.6 is 0 Å². The highest BCUT2D eigenvalue weighted by atomic mass is 15.3. The van der Waals surface area contributed by atoms with Crippen LogP contribution in [0.4, 0.5) is 5.95 Å². The van der Waals surface area contributed by atoms with Gasteiger partial charge in [-0.3, -0.25) is 0 Å². The molecule has 0 spiro atoms. The number of benzene rings is 1. The molecule has 1 aromatic carbocycles. The summed E-state index contributed by atoms with van der Waals surface area (Å²) in [6.45, 7) is 12.1. The molecule has 1 aromatic heterocycles. The lowest BCUT2D eigenvalue weighted by Gasteiger charge is -2.33. The van der Waals surface area contributed by atoms with E-state index in [0.717, 1.165) is 44.2 Å². The van der Waals surface area contributed by atoms with Crippen LogP contribution in [-0.4, -0.2) is 47.7 Å². The van der Waals surface area contributed by atoms with E-state index in [1.54, 1.807) is 0 Å². The Balaban J connectivity index is 2.03. The van der Waals surface area contributed by atoms with Gasteiger partial charge in [0.2, 0.25) is 5.95 Å². The number of aryl methyl sites for hydroxylation is 1. The summed E-state index contributed by atoms with van der Waals surface area (Å²) in [7, 11) is 2.19. The van der Waals surface area contributed by atoms with E-state index < -0.39 is 0 Å². The fourth-order valence-electron chi connectivity index (χ4n) is 3.02. The summed E-state index contributed by atoms with van der Waals surface area (Å²) in [6, 6.07) is 6.61. The second-order valence-electron chi connectivity index (χ2n) is 6.70. The van der Waals surface area contributed by atoms with Gasteiger partial charge in [-0.1, -0.05) is 19.9 Å².